The summed E-state index contributed by atoms with van der Waals surface area (Å²) in [5.41, 5.74) is -3.21. The van der Waals surface area contributed by atoms with E-state index in [4.69, 9.17) is 4.42 Å². The Morgan fingerprint density at radius 1 is 0.894 bits per heavy atom. The van der Waals surface area contributed by atoms with Crippen molar-refractivity contribution in [2.24, 2.45) is 5.92 Å². The molecular weight excluding hydrogens is 641 g/mol. The predicted molar refractivity (Wildman–Crippen MR) is 153 cm³/mol. The molecule has 1 aliphatic carbocycles. The number of aromatic hydroxyl groups is 1. The standard InChI is InChI=1S/C31H31F7N4O5/c1-39(23-12-19(30(33,34)35)11-20(13-23)31(36,37)38)28(45)40(2)25-15-41(14-24(25)17-3-7-21(32)8-4-17)27(44)18-5-9-22(10-6-18)42-26(43)16-47-29(42)46/h3-4,7-8,11-13,16,18,22,24-25,43H,5-6,9-10,14-15H2,1-2H3. The summed E-state index contributed by atoms with van der Waals surface area (Å²) in [4.78, 5) is 42.7. The number of carbonyl (C=O) groups is 2. The molecule has 2 aromatic carbocycles. The summed E-state index contributed by atoms with van der Waals surface area (Å²) in [5, 5.41) is 9.96. The zero-order valence-corrected chi connectivity index (χ0v) is 25.2. The number of rotatable bonds is 5. The van der Waals surface area contributed by atoms with Crippen molar-refractivity contribution in [3.05, 3.63) is 81.8 Å². The van der Waals surface area contributed by atoms with Crippen LogP contribution in [0.2, 0.25) is 0 Å². The molecule has 1 saturated heterocycles. The number of likely N-dealkylation sites (N-methyl/N-ethyl adjacent to an activating group) is 1. The lowest BCUT2D eigenvalue weighted by molar-refractivity contribution is -0.143. The fourth-order valence-corrected chi connectivity index (χ4v) is 6.50. The number of amides is 3. The van der Waals surface area contributed by atoms with Crippen LogP contribution in [-0.2, 0) is 17.1 Å². The summed E-state index contributed by atoms with van der Waals surface area (Å²) in [7, 11) is 2.40. The van der Waals surface area contributed by atoms with E-state index >= 15 is 0 Å². The van der Waals surface area contributed by atoms with E-state index in [1.807, 2.05) is 0 Å². The summed E-state index contributed by atoms with van der Waals surface area (Å²) in [6.07, 6.45) is -7.70. The van der Waals surface area contributed by atoms with E-state index in [1.165, 1.54) is 36.2 Å². The average Bonchev–Trinajstić information content (AvgIpc) is 3.62. The summed E-state index contributed by atoms with van der Waals surface area (Å²) < 4.78 is 101. The maximum absolute atomic E-state index is 13.8. The molecule has 3 amide bonds. The van der Waals surface area contributed by atoms with E-state index in [0.717, 1.165) is 17.9 Å². The average molecular weight is 673 g/mol. The molecule has 16 heteroatoms. The normalized spacial score (nSPS) is 21.9. The van der Waals surface area contributed by atoms with Crippen molar-refractivity contribution < 1.29 is 49.8 Å². The third-order valence-electron chi connectivity index (χ3n) is 9.06. The van der Waals surface area contributed by atoms with Gasteiger partial charge in [-0.3, -0.25) is 9.69 Å². The molecule has 2 fully saturated rings. The Kier molecular flexibility index (Phi) is 9.08. The van der Waals surface area contributed by atoms with Crippen LogP contribution >= 0.6 is 0 Å². The minimum Gasteiger partial charge on any atom is -0.492 e. The molecule has 47 heavy (non-hydrogen) atoms. The van der Waals surface area contributed by atoms with Crippen LogP contribution in [0.25, 0.3) is 0 Å². The summed E-state index contributed by atoms with van der Waals surface area (Å²) in [6, 6.07) is 4.23. The fraction of sp³-hybridized carbons (Fsp3) is 0.452. The van der Waals surface area contributed by atoms with Crippen molar-refractivity contribution >= 4 is 17.6 Å². The third-order valence-corrected chi connectivity index (χ3v) is 9.06. The lowest BCUT2D eigenvalue weighted by Gasteiger charge is -2.33. The SMILES string of the molecule is CN(C(=O)N(C)C1CN(C(=O)C2CCC(n3c(O)coc3=O)CC2)CC1c1ccc(F)cc1)c1cc(C(F)(F)F)cc(C(F)(F)F)c1. The highest BCUT2D eigenvalue weighted by Crippen LogP contribution is 2.40. The zero-order chi connectivity index (χ0) is 34.4. The van der Waals surface area contributed by atoms with Crippen molar-refractivity contribution in [2.75, 3.05) is 32.1 Å². The van der Waals surface area contributed by atoms with Crippen LogP contribution in [0.4, 0.5) is 41.2 Å². The van der Waals surface area contributed by atoms with Crippen molar-refractivity contribution in [3.8, 4) is 5.88 Å². The number of oxazole rings is 1. The molecular formula is C31H31F7N4O5. The molecule has 2 aliphatic rings. The summed E-state index contributed by atoms with van der Waals surface area (Å²) in [6.45, 7) is 0.107. The minimum absolute atomic E-state index is 0.00471. The molecule has 2 heterocycles. The highest BCUT2D eigenvalue weighted by molar-refractivity contribution is 5.92. The first-order chi connectivity index (χ1) is 22.0. The van der Waals surface area contributed by atoms with Gasteiger partial charge in [-0.2, -0.15) is 26.3 Å². The van der Waals surface area contributed by atoms with Crippen LogP contribution in [0.15, 0.2) is 57.9 Å². The van der Waals surface area contributed by atoms with Gasteiger partial charge in [-0.05, 0) is 61.6 Å². The largest absolute Gasteiger partial charge is 0.492 e. The Morgan fingerprint density at radius 3 is 1.98 bits per heavy atom. The number of carbonyl (C=O) groups excluding carboxylic acids is 2. The zero-order valence-electron chi connectivity index (χ0n) is 25.2. The molecule has 5 rings (SSSR count). The lowest BCUT2D eigenvalue weighted by Crippen LogP contribution is -2.48. The van der Waals surface area contributed by atoms with Crippen molar-refractivity contribution in [1.82, 2.24) is 14.4 Å². The monoisotopic (exact) mass is 672 g/mol. The van der Waals surface area contributed by atoms with Crippen LogP contribution in [-0.4, -0.2) is 64.6 Å². The van der Waals surface area contributed by atoms with E-state index in [2.05, 4.69) is 0 Å². The van der Waals surface area contributed by atoms with E-state index in [1.54, 1.807) is 4.90 Å². The maximum Gasteiger partial charge on any atom is 0.422 e. The Labute approximate surface area is 263 Å². The summed E-state index contributed by atoms with van der Waals surface area (Å²) >= 11 is 0. The molecule has 0 spiro atoms. The third kappa shape index (κ3) is 6.95. The first-order valence-electron chi connectivity index (χ1n) is 14.7. The van der Waals surface area contributed by atoms with Gasteiger partial charge in [0, 0.05) is 50.7 Å². The molecule has 1 N–H and O–H groups in total. The number of halogens is 7. The van der Waals surface area contributed by atoms with Gasteiger partial charge in [0.1, 0.15) is 5.82 Å². The van der Waals surface area contributed by atoms with Crippen LogP contribution in [0.5, 0.6) is 5.88 Å². The Morgan fingerprint density at radius 2 is 1.47 bits per heavy atom. The fourth-order valence-electron chi connectivity index (χ4n) is 6.50. The number of alkyl halides is 6. The maximum atomic E-state index is 13.8. The van der Waals surface area contributed by atoms with Gasteiger partial charge in [-0.1, -0.05) is 12.1 Å². The van der Waals surface area contributed by atoms with Gasteiger partial charge in [0.25, 0.3) is 0 Å². The number of aromatic nitrogens is 1. The molecule has 1 aliphatic heterocycles. The van der Waals surface area contributed by atoms with Crippen molar-refractivity contribution in [2.45, 2.75) is 56.0 Å². The Balaban J connectivity index is 1.37. The number of hydrogen-bond donors (Lipinski definition) is 1. The topological polar surface area (TPSA) is 99.2 Å². The quantitative estimate of drug-likeness (QED) is 0.324. The molecule has 254 valence electrons. The van der Waals surface area contributed by atoms with Gasteiger partial charge >= 0.3 is 24.1 Å². The van der Waals surface area contributed by atoms with Crippen LogP contribution < -0.4 is 10.7 Å². The first kappa shape index (κ1) is 33.9. The molecule has 1 saturated carbocycles. The molecule has 0 bridgehead atoms. The highest BCUT2D eigenvalue weighted by Gasteiger charge is 2.44. The summed E-state index contributed by atoms with van der Waals surface area (Å²) in [5.74, 6) is -2.79. The number of anilines is 1. The molecule has 9 nitrogen and oxygen atoms in total. The van der Waals surface area contributed by atoms with E-state index in [-0.39, 0.29) is 37.0 Å². The van der Waals surface area contributed by atoms with Gasteiger partial charge in [0.2, 0.25) is 11.8 Å². The van der Waals surface area contributed by atoms with Crippen molar-refractivity contribution in [1.29, 1.82) is 0 Å². The molecule has 3 aromatic rings. The van der Waals surface area contributed by atoms with E-state index in [9.17, 15) is 50.2 Å². The predicted octanol–water partition coefficient (Wildman–Crippen LogP) is 6.24. The minimum atomic E-state index is -5.11. The number of hydrogen-bond acceptors (Lipinski definition) is 5. The van der Waals surface area contributed by atoms with E-state index < -0.39 is 64.6 Å². The second-order valence-corrected chi connectivity index (χ2v) is 11.9. The first-order valence-corrected chi connectivity index (χ1v) is 14.7. The molecule has 2 unspecified atom stereocenters. The van der Waals surface area contributed by atoms with Crippen molar-refractivity contribution in [3.63, 3.8) is 0 Å². The van der Waals surface area contributed by atoms with Gasteiger partial charge in [0.05, 0.1) is 17.2 Å². The second kappa shape index (κ2) is 12.6. The van der Waals surface area contributed by atoms with Gasteiger partial charge in [-0.15, -0.1) is 0 Å². The Hall–Kier alpha value is -4.50. The van der Waals surface area contributed by atoms with Gasteiger partial charge < -0.3 is 19.3 Å². The second-order valence-electron chi connectivity index (χ2n) is 11.9. The van der Waals surface area contributed by atoms with Gasteiger partial charge in [-0.25, -0.2) is 18.5 Å². The van der Waals surface area contributed by atoms with E-state index in [0.29, 0.717) is 48.3 Å². The smallest absolute Gasteiger partial charge is 0.422 e. The number of urea groups is 1. The number of benzene rings is 2. The van der Waals surface area contributed by atoms with Gasteiger partial charge in [0.15, 0.2) is 6.26 Å². The highest BCUT2D eigenvalue weighted by atomic mass is 19.4. The van der Waals surface area contributed by atoms with Crippen LogP contribution in [0.3, 0.4) is 0 Å². The molecule has 2 atom stereocenters. The number of likely N-dealkylation sites (tertiary alicyclic amines) is 1. The van der Waals surface area contributed by atoms with Crippen LogP contribution in [0, 0.1) is 11.7 Å². The molecule has 1 aromatic heterocycles. The lowest BCUT2D eigenvalue weighted by atomic mass is 9.85. The Bertz CT molecular complexity index is 1640. The molecule has 0 radical (unpaired) electrons. The van der Waals surface area contributed by atoms with Crippen LogP contribution in [0.1, 0.15) is 54.3 Å². The number of nitrogens with zero attached hydrogens (tertiary/aromatic N) is 4.